The Balaban J connectivity index is 1.67. The number of fused-ring (bicyclic) bond motifs is 7. The molecular weight excluding hydrogens is 408 g/mol. The van der Waals surface area contributed by atoms with Crippen molar-refractivity contribution in [2.24, 2.45) is 50.7 Å². The summed E-state index contributed by atoms with van der Waals surface area (Å²) in [6, 6.07) is 0. The topological polar surface area (TPSA) is 57.5 Å². The third-order valence-electron chi connectivity index (χ3n) is 12.6. The number of aliphatic hydroxyl groups excluding tert-OH is 1. The van der Waals surface area contributed by atoms with Gasteiger partial charge >= 0.3 is 5.97 Å². The predicted molar refractivity (Wildman–Crippen MR) is 133 cm³/mol. The molecule has 0 aliphatic heterocycles. The lowest BCUT2D eigenvalue weighted by atomic mass is 9.34. The normalized spacial score (nSPS) is 52.6. The summed E-state index contributed by atoms with van der Waals surface area (Å²) in [5.41, 5.74) is 1.82. The molecule has 0 aromatic carbocycles. The smallest absolute Gasteiger partial charge is 0.310 e. The van der Waals surface area contributed by atoms with E-state index in [9.17, 15) is 15.0 Å². The minimum atomic E-state index is -0.704. The van der Waals surface area contributed by atoms with Crippen LogP contribution in [0.2, 0.25) is 0 Å². The maximum absolute atomic E-state index is 13.5. The fourth-order valence-corrected chi connectivity index (χ4v) is 10.7. The number of rotatable bonds is 2. The third kappa shape index (κ3) is 2.69. The van der Waals surface area contributed by atoms with E-state index in [1.807, 2.05) is 0 Å². The Labute approximate surface area is 201 Å². The number of allylic oxidation sites excluding steroid dienone is 3. The van der Waals surface area contributed by atoms with E-state index in [0.29, 0.717) is 17.8 Å². The molecule has 4 saturated carbocycles. The van der Waals surface area contributed by atoms with Crippen molar-refractivity contribution in [3.8, 4) is 0 Å². The van der Waals surface area contributed by atoms with Crippen molar-refractivity contribution in [2.45, 2.75) is 105 Å². The molecule has 5 rings (SSSR count). The monoisotopic (exact) mass is 454 g/mol. The third-order valence-corrected chi connectivity index (χ3v) is 12.6. The fraction of sp³-hybridized carbons (Fsp3) is 0.833. The molecule has 5 aliphatic carbocycles. The van der Waals surface area contributed by atoms with Crippen LogP contribution in [0.4, 0.5) is 0 Å². The zero-order chi connectivity index (χ0) is 24.2. The van der Waals surface area contributed by atoms with Gasteiger partial charge in [-0.15, -0.1) is 0 Å². The van der Waals surface area contributed by atoms with Crippen LogP contribution in [0.3, 0.4) is 0 Å². The lowest BCUT2D eigenvalue weighted by Crippen LogP contribution is -2.67. The van der Waals surface area contributed by atoms with Crippen molar-refractivity contribution >= 4 is 5.97 Å². The number of hydrogen-bond donors (Lipinski definition) is 2. The molecule has 0 aromatic heterocycles. The molecule has 3 nitrogen and oxygen atoms in total. The van der Waals surface area contributed by atoms with Crippen molar-refractivity contribution in [1.29, 1.82) is 0 Å². The van der Waals surface area contributed by atoms with E-state index in [2.05, 4.69) is 54.2 Å². The van der Waals surface area contributed by atoms with Crippen LogP contribution in [0.15, 0.2) is 23.8 Å². The molecule has 5 aliphatic rings. The van der Waals surface area contributed by atoms with Gasteiger partial charge in [-0.3, -0.25) is 4.79 Å². The van der Waals surface area contributed by atoms with Crippen molar-refractivity contribution in [3.63, 3.8) is 0 Å². The van der Waals surface area contributed by atoms with Crippen molar-refractivity contribution in [3.05, 3.63) is 23.8 Å². The zero-order valence-electron chi connectivity index (χ0n) is 21.8. The molecular formula is C30H46O3. The van der Waals surface area contributed by atoms with Crippen LogP contribution in [-0.4, -0.2) is 22.3 Å². The first kappa shape index (κ1) is 23.6. The van der Waals surface area contributed by atoms with Crippen LogP contribution >= 0.6 is 0 Å². The van der Waals surface area contributed by atoms with E-state index in [4.69, 9.17) is 0 Å². The lowest BCUT2D eigenvalue weighted by Gasteiger charge is -2.69. The summed E-state index contributed by atoms with van der Waals surface area (Å²) in [5.74, 6) is 0.877. The highest BCUT2D eigenvalue weighted by atomic mass is 16.4. The minimum Gasteiger partial charge on any atom is -0.481 e. The molecule has 3 heteroatoms. The van der Waals surface area contributed by atoms with Gasteiger partial charge in [0.2, 0.25) is 0 Å². The predicted octanol–water partition coefficient (Wildman–Crippen LogP) is 7.01. The Morgan fingerprint density at radius 1 is 0.970 bits per heavy atom. The van der Waals surface area contributed by atoms with Gasteiger partial charge in [0.15, 0.2) is 0 Å². The van der Waals surface area contributed by atoms with E-state index >= 15 is 0 Å². The summed E-state index contributed by atoms with van der Waals surface area (Å²) in [4.78, 5) is 13.5. The van der Waals surface area contributed by atoms with E-state index in [0.717, 1.165) is 44.9 Å². The molecule has 0 spiro atoms. The summed E-state index contributed by atoms with van der Waals surface area (Å²) >= 11 is 0. The van der Waals surface area contributed by atoms with Crippen LogP contribution in [0, 0.1) is 50.7 Å². The Morgan fingerprint density at radius 2 is 1.67 bits per heavy atom. The summed E-state index contributed by atoms with van der Waals surface area (Å²) in [7, 11) is 0. The van der Waals surface area contributed by atoms with Crippen LogP contribution in [-0.2, 0) is 4.79 Å². The Kier molecular flexibility index (Phi) is 5.01. The first-order valence-corrected chi connectivity index (χ1v) is 13.5. The van der Waals surface area contributed by atoms with Gasteiger partial charge in [-0.1, -0.05) is 58.4 Å². The quantitative estimate of drug-likeness (QED) is 0.441. The summed E-state index contributed by atoms with van der Waals surface area (Å²) in [6.07, 6.45) is 11.1. The summed E-state index contributed by atoms with van der Waals surface area (Å²) in [5, 5.41) is 22.0. The largest absolute Gasteiger partial charge is 0.481 e. The van der Waals surface area contributed by atoms with E-state index in [1.54, 1.807) is 0 Å². The van der Waals surface area contributed by atoms with Crippen molar-refractivity contribution in [1.82, 2.24) is 0 Å². The first-order valence-electron chi connectivity index (χ1n) is 13.5. The molecule has 184 valence electrons. The van der Waals surface area contributed by atoms with Gasteiger partial charge in [0, 0.05) is 5.41 Å². The molecule has 0 bridgehead atoms. The van der Waals surface area contributed by atoms with E-state index in [-0.39, 0.29) is 33.7 Å². The number of carbonyl (C=O) groups is 1. The van der Waals surface area contributed by atoms with Crippen LogP contribution in [0.1, 0.15) is 99.3 Å². The summed E-state index contributed by atoms with van der Waals surface area (Å²) < 4.78 is 0. The second-order valence-electron chi connectivity index (χ2n) is 14.2. The summed E-state index contributed by atoms with van der Waals surface area (Å²) in [6.45, 7) is 18.2. The standard InChI is InChI=1S/C30H46O3/c1-18(2)19-10-13-27(5)16-17-29(7)20(24(19)27)8-9-22-28(6)14-12-23(31)26(3,4)21(28)11-15-30(22,29)25(32)33/h8,19,21-24,31H,1,9-17H2,2-7H3,(H,32,33)/t19-,21-,22+,23-,24-,27+,28-,29+,30+/m0/s1. The zero-order valence-corrected chi connectivity index (χ0v) is 21.8. The lowest BCUT2D eigenvalue weighted by molar-refractivity contribution is -0.218. The van der Waals surface area contributed by atoms with Gasteiger partial charge in [0.1, 0.15) is 0 Å². The highest BCUT2D eigenvalue weighted by Crippen LogP contribution is 2.76. The van der Waals surface area contributed by atoms with Crippen LogP contribution in [0.25, 0.3) is 0 Å². The van der Waals surface area contributed by atoms with Gasteiger partial charge in [-0.2, -0.15) is 0 Å². The molecule has 33 heavy (non-hydrogen) atoms. The Morgan fingerprint density at radius 3 is 2.30 bits per heavy atom. The highest BCUT2D eigenvalue weighted by Gasteiger charge is 2.72. The van der Waals surface area contributed by atoms with Gasteiger partial charge < -0.3 is 10.2 Å². The van der Waals surface area contributed by atoms with Crippen LogP contribution in [0.5, 0.6) is 0 Å². The highest BCUT2D eigenvalue weighted by molar-refractivity contribution is 5.78. The average Bonchev–Trinajstić information content (AvgIpc) is 3.09. The number of hydrogen-bond acceptors (Lipinski definition) is 2. The Hall–Kier alpha value is -1.09. The van der Waals surface area contributed by atoms with Gasteiger partial charge in [-0.05, 0) is 105 Å². The maximum Gasteiger partial charge on any atom is 0.310 e. The Bertz CT molecular complexity index is 916. The van der Waals surface area contributed by atoms with Crippen molar-refractivity contribution < 1.29 is 15.0 Å². The molecule has 0 unspecified atom stereocenters. The van der Waals surface area contributed by atoms with Crippen LogP contribution < -0.4 is 0 Å². The van der Waals surface area contributed by atoms with E-state index < -0.39 is 11.4 Å². The molecule has 0 aromatic rings. The second-order valence-corrected chi connectivity index (χ2v) is 14.2. The number of carboxylic acid groups (broad SMARTS) is 1. The molecule has 4 fully saturated rings. The first-order chi connectivity index (χ1) is 15.3. The maximum atomic E-state index is 13.5. The van der Waals surface area contributed by atoms with Gasteiger partial charge in [0.25, 0.3) is 0 Å². The number of carboxylic acids is 1. The average molecular weight is 455 g/mol. The second kappa shape index (κ2) is 6.99. The number of aliphatic carboxylic acids is 1. The molecule has 0 amide bonds. The fourth-order valence-electron chi connectivity index (χ4n) is 10.7. The van der Waals surface area contributed by atoms with Crippen molar-refractivity contribution in [2.75, 3.05) is 0 Å². The molecule has 2 N–H and O–H groups in total. The number of aliphatic hydroxyl groups is 1. The molecule has 9 atom stereocenters. The minimum absolute atomic E-state index is 0.0470. The molecule has 0 radical (unpaired) electrons. The SMILES string of the molecule is C=C(C)[C@@H]1CC[C@]2(C)CC[C@]3(C)C(=CC[C@@H]4[C@@]5(C)CC[C@H](O)C(C)(C)[C@@H]5CC[C@]43C(=O)O)[C@H]12. The van der Waals surface area contributed by atoms with Gasteiger partial charge in [0.05, 0.1) is 11.5 Å². The molecule has 0 heterocycles. The van der Waals surface area contributed by atoms with E-state index in [1.165, 1.54) is 24.0 Å². The molecule has 0 saturated heterocycles. The van der Waals surface area contributed by atoms with Gasteiger partial charge in [-0.25, -0.2) is 0 Å².